The number of benzene rings is 1. The number of hydrogen-bond acceptors (Lipinski definition) is 7. The first-order valence-electron chi connectivity index (χ1n) is 6.98. The van der Waals surface area contributed by atoms with E-state index in [1.807, 2.05) is 0 Å². The Morgan fingerprint density at radius 1 is 1.30 bits per heavy atom. The molecule has 6 N–H and O–H groups in total. The fourth-order valence-electron chi connectivity index (χ4n) is 2.46. The van der Waals surface area contributed by atoms with E-state index in [-0.39, 0.29) is 5.11 Å². The number of nitrogens with one attached hydrogen (secondary N) is 1. The van der Waals surface area contributed by atoms with Crippen molar-refractivity contribution < 1.29 is 30.3 Å². The molecule has 1 fully saturated rings. The van der Waals surface area contributed by atoms with Gasteiger partial charge in [-0.25, -0.2) is 0 Å². The zero-order valence-corrected chi connectivity index (χ0v) is 13.2. The van der Waals surface area contributed by atoms with Gasteiger partial charge < -0.3 is 35.6 Å². The number of thiocarbonyl (C=S) groups is 1. The molecule has 1 heterocycles. The van der Waals surface area contributed by atoms with Gasteiger partial charge in [0.15, 0.2) is 11.3 Å². The molecule has 0 saturated carbocycles. The first kappa shape index (κ1) is 17.9. The Bertz CT molecular complexity index is 560. The van der Waals surface area contributed by atoms with Crippen molar-refractivity contribution in [2.24, 2.45) is 0 Å². The molecule has 0 aromatic heterocycles. The van der Waals surface area contributed by atoms with E-state index in [2.05, 4.69) is 5.32 Å². The molecule has 1 aliphatic heterocycles. The zero-order chi connectivity index (χ0) is 17.1. The van der Waals surface area contributed by atoms with Crippen molar-refractivity contribution in [2.75, 3.05) is 18.6 Å². The molecule has 8 nitrogen and oxygen atoms in total. The summed E-state index contributed by atoms with van der Waals surface area (Å²) in [6, 6.07) is 5.82. The number of para-hydroxylation sites is 2. The van der Waals surface area contributed by atoms with Crippen LogP contribution in [-0.2, 0) is 0 Å². The Hall–Kier alpha value is -1.49. The van der Waals surface area contributed by atoms with Crippen molar-refractivity contribution in [3.05, 3.63) is 24.3 Å². The Kier molecular flexibility index (Phi) is 5.74. The average Bonchev–Trinajstić information content (AvgIpc) is 2.87. The van der Waals surface area contributed by atoms with Crippen LogP contribution < -0.4 is 15.0 Å². The zero-order valence-electron chi connectivity index (χ0n) is 12.4. The second-order valence-electron chi connectivity index (χ2n) is 5.16. The van der Waals surface area contributed by atoms with Gasteiger partial charge in [-0.3, -0.25) is 4.90 Å². The van der Waals surface area contributed by atoms with Crippen LogP contribution in [-0.4, -0.2) is 74.9 Å². The largest absolute Gasteiger partial charge is 0.495 e. The van der Waals surface area contributed by atoms with E-state index in [1.165, 1.54) is 12.0 Å². The summed E-state index contributed by atoms with van der Waals surface area (Å²) in [6.45, 7) is -0.721. The quantitative estimate of drug-likeness (QED) is 0.330. The van der Waals surface area contributed by atoms with Gasteiger partial charge in [-0.15, -0.1) is 0 Å². The molecule has 0 spiro atoms. The lowest BCUT2D eigenvalue weighted by atomic mass is 10.0. The maximum Gasteiger partial charge on any atom is 0.176 e. The van der Waals surface area contributed by atoms with Crippen LogP contribution in [0.1, 0.15) is 0 Å². The van der Waals surface area contributed by atoms with E-state index < -0.39 is 37.2 Å². The molecule has 0 unspecified atom stereocenters. The van der Waals surface area contributed by atoms with E-state index in [1.54, 1.807) is 24.3 Å². The highest BCUT2D eigenvalue weighted by molar-refractivity contribution is 7.80. The minimum Gasteiger partial charge on any atom is -0.495 e. The van der Waals surface area contributed by atoms with Gasteiger partial charge in [0.05, 0.1) is 19.4 Å². The predicted molar refractivity (Wildman–Crippen MR) is 86.1 cm³/mol. The summed E-state index contributed by atoms with van der Waals surface area (Å²) in [6.07, 6.45) is -6.03. The molecule has 1 aromatic carbocycles. The van der Waals surface area contributed by atoms with Gasteiger partial charge >= 0.3 is 0 Å². The summed E-state index contributed by atoms with van der Waals surface area (Å²) < 4.78 is 5.23. The van der Waals surface area contributed by atoms with Gasteiger partial charge in [0.2, 0.25) is 0 Å². The summed E-state index contributed by atoms with van der Waals surface area (Å²) in [5, 5.41) is 51.6. The van der Waals surface area contributed by atoms with Crippen molar-refractivity contribution >= 4 is 23.0 Å². The molecule has 5 atom stereocenters. The number of methoxy groups -OCH3 is 1. The number of rotatable bonds is 6. The fraction of sp³-hybridized carbons (Fsp3) is 0.500. The van der Waals surface area contributed by atoms with Gasteiger partial charge in [0.1, 0.15) is 30.1 Å². The van der Waals surface area contributed by atoms with Crippen molar-refractivity contribution in [3.63, 3.8) is 0 Å². The maximum absolute atomic E-state index is 10.5. The van der Waals surface area contributed by atoms with Gasteiger partial charge in [-0.2, -0.15) is 0 Å². The third-order valence-corrected chi connectivity index (χ3v) is 4.05. The molecular weight excluding hydrogens is 324 g/mol. The molecule has 1 saturated heterocycles. The highest BCUT2D eigenvalue weighted by Crippen LogP contribution is 2.32. The van der Waals surface area contributed by atoms with Crippen molar-refractivity contribution in [1.82, 2.24) is 5.32 Å². The van der Waals surface area contributed by atoms with Gasteiger partial charge in [-0.05, 0) is 24.4 Å². The van der Waals surface area contributed by atoms with Crippen LogP contribution in [0, 0.1) is 0 Å². The monoisotopic (exact) mass is 344 g/mol. The normalized spacial score (nSPS) is 25.0. The van der Waals surface area contributed by atoms with Crippen molar-refractivity contribution in [1.29, 1.82) is 0 Å². The summed E-state index contributed by atoms with van der Waals surface area (Å²) in [4.78, 5) is 1.35. The second kappa shape index (κ2) is 7.39. The molecule has 2 rings (SSSR count). The molecule has 0 radical (unpaired) electrons. The lowest BCUT2D eigenvalue weighted by molar-refractivity contribution is -0.0946. The Morgan fingerprint density at radius 3 is 2.57 bits per heavy atom. The molecule has 1 aromatic rings. The van der Waals surface area contributed by atoms with Gasteiger partial charge in [-0.1, -0.05) is 12.1 Å². The van der Waals surface area contributed by atoms with E-state index in [4.69, 9.17) is 22.1 Å². The minimum atomic E-state index is -1.65. The molecule has 1 aliphatic rings. The molecular formula is C14H20N2O6S. The van der Waals surface area contributed by atoms with E-state index in [0.29, 0.717) is 11.4 Å². The fourth-order valence-corrected chi connectivity index (χ4v) is 2.80. The molecule has 9 heteroatoms. The van der Waals surface area contributed by atoms with Crippen LogP contribution in [0.25, 0.3) is 0 Å². The van der Waals surface area contributed by atoms with E-state index >= 15 is 0 Å². The van der Waals surface area contributed by atoms with Crippen LogP contribution in [0.3, 0.4) is 0 Å². The van der Waals surface area contributed by atoms with Crippen LogP contribution in [0.2, 0.25) is 0 Å². The number of ether oxygens (including phenoxy) is 1. The summed E-state index contributed by atoms with van der Waals surface area (Å²) >= 11 is 5.18. The Labute approximate surface area is 138 Å². The smallest absolute Gasteiger partial charge is 0.176 e. The third kappa shape index (κ3) is 3.39. The third-order valence-electron chi connectivity index (χ3n) is 3.74. The molecule has 23 heavy (non-hydrogen) atoms. The minimum absolute atomic E-state index is 0.136. The average molecular weight is 344 g/mol. The number of aliphatic hydroxyl groups excluding tert-OH is 5. The topological polar surface area (TPSA) is 126 Å². The van der Waals surface area contributed by atoms with Crippen LogP contribution in [0.15, 0.2) is 24.3 Å². The summed E-state index contributed by atoms with van der Waals surface area (Å²) in [5.41, 5.74) is 0.492. The maximum atomic E-state index is 10.5. The number of aliphatic hydroxyl groups is 5. The van der Waals surface area contributed by atoms with Crippen LogP contribution >= 0.6 is 12.2 Å². The summed E-state index contributed by atoms with van der Waals surface area (Å²) in [5.74, 6) is 0.474. The lowest BCUT2D eigenvalue weighted by Crippen LogP contribution is -2.53. The highest BCUT2D eigenvalue weighted by atomic mass is 32.1. The van der Waals surface area contributed by atoms with Crippen molar-refractivity contribution in [2.45, 2.75) is 30.6 Å². The molecule has 128 valence electrons. The SMILES string of the molecule is COc1ccccc1N1C(=S)N[C@H]([C@@H](O)[C@H](O)[C@H](O)CO)[C@H]1O. The first-order valence-corrected chi connectivity index (χ1v) is 7.39. The first-order chi connectivity index (χ1) is 10.9. The molecule has 0 amide bonds. The summed E-state index contributed by atoms with van der Waals surface area (Å²) in [7, 11) is 1.48. The predicted octanol–water partition coefficient (Wildman–Crippen LogP) is -1.85. The number of anilines is 1. The Morgan fingerprint density at radius 2 is 1.96 bits per heavy atom. The number of hydrogen-bond donors (Lipinski definition) is 6. The van der Waals surface area contributed by atoms with Gasteiger partial charge in [0, 0.05) is 0 Å². The molecule has 0 aliphatic carbocycles. The van der Waals surface area contributed by atoms with E-state index in [9.17, 15) is 20.4 Å². The van der Waals surface area contributed by atoms with Crippen LogP contribution in [0.5, 0.6) is 5.75 Å². The number of nitrogens with zero attached hydrogens (tertiary/aromatic N) is 1. The van der Waals surface area contributed by atoms with Gasteiger partial charge in [0.25, 0.3) is 0 Å². The lowest BCUT2D eigenvalue weighted by Gasteiger charge is -2.29. The molecule has 0 bridgehead atoms. The standard InChI is InChI=1S/C14H20N2O6S/c1-22-9-5-3-2-4-7(9)16-13(21)10(15-14(16)23)12(20)11(19)8(18)6-17/h2-5,8,10-13,17-21H,6H2,1H3,(H,15,23)/t8-,10-,11-,12-,13-/m1/s1. The highest BCUT2D eigenvalue weighted by Gasteiger charge is 2.44. The Balaban J connectivity index is 2.24. The van der Waals surface area contributed by atoms with E-state index in [0.717, 1.165) is 0 Å². The second-order valence-corrected chi connectivity index (χ2v) is 5.55. The van der Waals surface area contributed by atoms with Crippen LogP contribution in [0.4, 0.5) is 5.69 Å². The van der Waals surface area contributed by atoms with Crippen molar-refractivity contribution in [3.8, 4) is 5.75 Å².